The molecule has 2 aliphatic rings. The van der Waals surface area contributed by atoms with Crippen LogP contribution in [0.1, 0.15) is 34.3 Å². The molecule has 0 unspecified atom stereocenters. The molecule has 0 spiro atoms. The number of nitrogens with zero attached hydrogens (tertiary/aromatic N) is 4. The number of aryl methyl sites for hydroxylation is 1. The van der Waals surface area contributed by atoms with Gasteiger partial charge in [0.15, 0.2) is 0 Å². The predicted molar refractivity (Wildman–Crippen MR) is 156 cm³/mol. The molecule has 2 aliphatic heterocycles. The maximum atomic E-state index is 13.8. The lowest BCUT2D eigenvalue weighted by Crippen LogP contribution is -2.49. The third-order valence-electron chi connectivity index (χ3n) is 7.77. The number of sulfonamides is 1. The molecular weight excluding hydrogens is 524 g/mol. The maximum Gasteiger partial charge on any atom is 0.254 e. The number of hydrogen-bond donors (Lipinski definition) is 2. The third-order valence-corrected chi connectivity index (χ3v) is 8.73. The number of anilines is 3. The molecule has 40 heavy (non-hydrogen) atoms. The van der Waals surface area contributed by atoms with Crippen LogP contribution in [0.2, 0.25) is 0 Å². The van der Waals surface area contributed by atoms with Gasteiger partial charge < -0.3 is 20.0 Å². The minimum atomic E-state index is -3.86. The van der Waals surface area contributed by atoms with Crippen molar-refractivity contribution in [2.45, 2.75) is 30.7 Å². The van der Waals surface area contributed by atoms with Gasteiger partial charge in [0.1, 0.15) is 11.0 Å². The van der Waals surface area contributed by atoms with E-state index in [4.69, 9.17) is 5.14 Å². The van der Waals surface area contributed by atoms with Crippen LogP contribution in [0.5, 0.6) is 0 Å². The predicted octanol–water partition coefficient (Wildman–Crippen LogP) is 3.37. The summed E-state index contributed by atoms with van der Waals surface area (Å²) >= 11 is 0. The second-order valence-corrected chi connectivity index (χ2v) is 11.8. The van der Waals surface area contributed by atoms with Crippen LogP contribution in [0, 0.1) is 18.3 Å². The SMILES string of the molecule is Cc1ccc(N(c2ccccc2C#N)C2CCNCC2)cc1C(=O)N1CCN(c2ccccc2S(N)(=O)=O)CC1. The Morgan fingerprint density at radius 3 is 2.38 bits per heavy atom. The lowest BCUT2D eigenvalue weighted by Gasteiger charge is -2.38. The zero-order valence-electron chi connectivity index (χ0n) is 22.6. The summed E-state index contributed by atoms with van der Waals surface area (Å²) in [5.41, 5.74) is 4.42. The minimum Gasteiger partial charge on any atom is -0.367 e. The van der Waals surface area contributed by atoms with Crippen molar-refractivity contribution in [2.75, 3.05) is 49.1 Å². The van der Waals surface area contributed by atoms with Gasteiger partial charge in [-0.1, -0.05) is 30.3 Å². The summed E-state index contributed by atoms with van der Waals surface area (Å²) < 4.78 is 24.2. The summed E-state index contributed by atoms with van der Waals surface area (Å²) in [6.07, 6.45) is 1.86. The Balaban J connectivity index is 1.41. The molecule has 0 aliphatic carbocycles. The second kappa shape index (κ2) is 11.7. The third kappa shape index (κ3) is 5.68. The highest BCUT2D eigenvalue weighted by atomic mass is 32.2. The molecule has 208 valence electrons. The number of primary sulfonamides is 1. The average molecular weight is 559 g/mol. The van der Waals surface area contributed by atoms with Gasteiger partial charge in [0.25, 0.3) is 5.91 Å². The first kappa shape index (κ1) is 27.6. The van der Waals surface area contributed by atoms with Crippen molar-refractivity contribution < 1.29 is 13.2 Å². The van der Waals surface area contributed by atoms with E-state index in [1.165, 1.54) is 6.07 Å². The average Bonchev–Trinajstić information content (AvgIpc) is 2.98. The topological polar surface area (TPSA) is 123 Å². The standard InChI is InChI=1S/C30H34N6O3S/c1-22-10-11-25(36(24-12-14-33-15-13-24)27-7-3-2-6-23(27)21-31)20-26(22)30(37)35-18-16-34(17-19-35)28-8-4-5-9-29(28)40(32,38)39/h2-11,20,24,33H,12-19H2,1H3,(H2,32,38,39). The molecule has 0 bridgehead atoms. The number of piperidine rings is 1. The number of nitrogens with two attached hydrogens (primary N) is 1. The lowest BCUT2D eigenvalue weighted by atomic mass is 9.99. The van der Waals surface area contributed by atoms with Crippen LogP contribution in [0.15, 0.2) is 71.6 Å². The highest BCUT2D eigenvalue weighted by Gasteiger charge is 2.29. The van der Waals surface area contributed by atoms with Gasteiger partial charge in [-0.3, -0.25) is 4.79 Å². The summed E-state index contributed by atoms with van der Waals surface area (Å²) in [5.74, 6) is -0.0578. The van der Waals surface area contributed by atoms with E-state index in [9.17, 15) is 18.5 Å². The first-order valence-corrected chi connectivity index (χ1v) is 15.1. The summed E-state index contributed by atoms with van der Waals surface area (Å²) in [6.45, 7) is 5.63. The Morgan fingerprint density at radius 1 is 1.00 bits per heavy atom. The molecule has 3 aromatic carbocycles. The number of amides is 1. The van der Waals surface area contributed by atoms with E-state index in [2.05, 4.69) is 16.3 Å². The molecule has 0 radical (unpaired) electrons. The van der Waals surface area contributed by atoms with Gasteiger partial charge in [-0.25, -0.2) is 13.6 Å². The molecular formula is C30H34N6O3S. The molecule has 2 fully saturated rings. The molecule has 0 saturated carbocycles. The van der Waals surface area contributed by atoms with Gasteiger partial charge >= 0.3 is 0 Å². The van der Waals surface area contributed by atoms with Gasteiger partial charge in [-0.05, 0) is 74.8 Å². The van der Waals surface area contributed by atoms with Gasteiger partial charge in [-0.2, -0.15) is 5.26 Å². The summed E-state index contributed by atoms with van der Waals surface area (Å²) in [5, 5.41) is 18.7. The molecule has 1 amide bonds. The molecule has 10 heteroatoms. The van der Waals surface area contributed by atoms with Gasteiger partial charge in [0, 0.05) is 43.5 Å². The normalized spacial score (nSPS) is 16.4. The number of benzene rings is 3. The Morgan fingerprint density at radius 2 is 1.68 bits per heavy atom. The molecule has 0 atom stereocenters. The largest absolute Gasteiger partial charge is 0.367 e. The van der Waals surface area contributed by atoms with Crippen LogP contribution >= 0.6 is 0 Å². The fourth-order valence-electron chi connectivity index (χ4n) is 5.66. The van der Waals surface area contributed by atoms with Crippen molar-refractivity contribution in [3.05, 3.63) is 83.4 Å². The highest BCUT2D eigenvalue weighted by molar-refractivity contribution is 7.89. The van der Waals surface area contributed by atoms with Crippen molar-refractivity contribution in [3.63, 3.8) is 0 Å². The van der Waals surface area contributed by atoms with Crippen LogP contribution in [0.4, 0.5) is 17.1 Å². The molecule has 2 saturated heterocycles. The Bertz CT molecular complexity index is 1540. The minimum absolute atomic E-state index is 0.0578. The fourth-order valence-corrected chi connectivity index (χ4v) is 6.42. The number of para-hydroxylation sites is 2. The van der Waals surface area contributed by atoms with Crippen molar-refractivity contribution in [3.8, 4) is 6.07 Å². The zero-order chi connectivity index (χ0) is 28.3. The number of nitriles is 1. The molecule has 9 nitrogen and oxygen atoms in total. The zero-order valence-corrected chi connectivity index (χ0v) is 23.4. The molecule has 3 N–H and O–H groups in total. The summed E-state index contributed by atoms with van der Waals surface area (Å²) in [7, 11) is -3.86. The first-order valence-electron chi connectivity index (χ1n) is 13.5. The number of piperazine rings is 1. The Hall–Kier alpha value is -3.91. The Kier molecular flexibility index (Phi) is 8.07. The second-order valence-electron chi connectivity index (χ2n) is 10.3. The number of hydrogen-bond acceptors (Lipinski definition) is 7. The number of rotatable bonds is 6. The first-order chi connectivity index (χ1) is 19.3. The van der Waals surface area contributed by atoms with Crippen LogP contribution in [0.3, 0.4) is 0 Å². The number of carbonyl (C=O) groups excluding carboxylic acids is 1. The van der Waals surface area contributed by atoms with Crippen LogP contribution in [-0.4, -0.2) is 64.5 Å². The van der Waals surface area contributed by atoms with Crippen LogP contribution < -0.4 is 20.3 Å². The number of carbonyl (C=O) groups is 1. The molecule has 5 rings (SSSR count). The molecule has 3 aromatic rings. The highest BCUT2D eigenvalue weighted by Crippen LogP contribution is 2.35. The van der Waals surface area contributed by atoms with E-state index in [1.54, 1.807) is 18.2 Å². The van der Waals surface area contributed by atoms with E-state index >= 15 is 0 Å². The summed E-state index contributed by atoms with van der Waals surface area (Å²) in [6, 6.07) is 22.8. The maximum absolute atomic E-state index is 13.8. The monoisotopic (exact) mass is 558 g/mol. The van der Waals surface area contributed by atoms with Gasteiger partial charge in [0.2, 0.25) is 10.0 Å². The van der Waals surface area contributed by atoms with Crippen molar-refractivity contribution in [2.24, 2.45) is 5.14 Å². The number of nitrogens with one attached hydrogen (secondary N) is 1. The van der Waals surface area contributed by atoms with E-state index in [-0.39, 0.29) is 16.8 Å². The van der Waals surface area contributed by atoms with Crippen molar-refractivity contribution in [1.29, 1.82) is 5.26 Å². The van der Waals surface area contributed by atoms with E-state index in [1.807, 2.05) is 59.2 Å². The van der Waals surface area contributed by atoms with Gasteiger partial charge in [0.05, 0.1) is 16.9 Å². The van der Waals surface area contributed by atoms with E-state index in [0.717, 1.165) is 42.9 Å². The van der Waals surface area contributed by atoms with Crippen LogP contribution in [0.25, 0.3) is 0 Å². The molecule has 0 aromatic heterocycles. The Labute approximate surface area is 235 Å². The van der Waals surface area contributed by atoms with E-state index in [0.29, 0.717) is 43.0 Å². The van der Waals surface area contributed by atoms with E-state index < -0.39 is 10.0 Å². The smallest absolute Gasteiger partial charge is 0.254 e. The fraction of sp³-hybridized carbons (Fsp3) is 0.333. The van der Waals surface area contributed by atoms with Crippen molar-refractivity contribution >= 4 is 33.0 Å². The van der Waals surface area contributed by atoms with Crippen LogP contribution in [-0.2, 0) is 10.0 Å². The van der Waals surface area contributed by atoms with Crippen molar-refractivity contribution in [1.82, 2.24) is 10.2 Å². The quantitative estimate of drug-likeness (QED) is 0.476. The molecule has 2 heterocycles. The lowest BCUT2D eigenvalue weighted by molar-refractivity contribution is 0.0746. The summed E-state index contributed by atoms with van der Waals surface area (Å²) in [4.78, 5) is 19.9. The van der Waals surface area contributed by atoms with Gasteiger partial charge in [-0.15, -0.1) is 0 Å².